The lowest BCUT2D eigenvalue weighted by Gasteiger charge is -2.33. The average Bonchev–Trinajstić information content (AvgIpc) is 2.37. The van der Waals surface area contributed by atoms with Crippen molar-refractivity contribution in [1.29, 1.82) is 0 Å². The van der Waals surface area contributed by atoms with Crippen LogP contribution in [0.15, 0.2) is 18.2 Å². The van der Waals surface area contributed by atoms with Gasteiger partial charge >= 0.3 is 0 Å². The van der Waals surface area contributed by atoms with Crippen molar-refractivity contribution in [2.24, 2.45) is 5.92 Å². The summed E-state index contributed by atoms with van der Waals surface area (Å²) in [5, 5.41) is 9.73. The summed E-state index contributed by atoms with van der Waals surface area (Å²) in [6.07, 6.45) is -0.218. The van der Waals surface area contributed by atoms with E-state index in [1.807, 2.05) is 6.92 Å². The number of benzene rings is 1. The zero-order valence-corrected chi connectivity index (χ0v) is 11.9. The first kappa shape index (κ1) is 15.3. The number of hydrogen-bond acceptors (Lipinski definition) is 3. The first-order valence-electron chi connectivity index (χ1n) is 6.40. The van der Waals surface area contributed by atoms with Crippen LogP contribution in [0, 0.1) is 17.6 Å². The van der Waals surface area contributed by atoms with E-state index < -0.39 is 39.1 Å². The first-order valence-corrected chi connectivity index (χ1v) is 8.01. The summed E-state index contributed by atoms with van der Waals surface area (Å²) in [4.78, 5) is 0. The van der Waals surface area contributed by atoms with Gasteiger partial charge in [0.1, 0.15) is 11.6 Å². The quantitative estimate of drug-likeness (QED) is 0.920. The molecule has 0 amide bonds. The molecule has 0 radical (unpaired) electrons. The third-order valence-corrected chi connectivity index (χ3v) is 5.44. The van der Waals surface area contributed by atoms with Crippen molar-refractivity contribution in [1.82, 2.24) is 4.31 Å². The Morgan fingerprint density at radius 1 is 1.35 bits per heavy atom. The molecule has 112 valence electrons. The van der Waals surface area contributed by atoms with E-state index in [0.29, 0.717) is 6.42 Å². The summed E-state index contributed by atoms with van der Waals surface area (Å²) >= 11 is 0. The molecule has 1 heterocycles. The maximum absolute atomic E-state index is 13.5. The fraction of sp³-hybridized carbons (Fsp3) is 0.538. The zero-order chi connectivity index (χ0) is 14.9. The summed E-state index contributed by atoms with van der Waals surface area (Å²) < 4.78 is 52.5. The van der Waals surface area contributed by atoms with Crippen molar-refractivity contribution in [3.63, 3.8) is 0 Å². The van der Waals surface area contributed by atoms with Crippen LogP contribution in [0.3, 0.4) is 0 Å². The van der Waals surface area contributed by atoms with Gasteiger partial charge in [0, 0.05) is 18.7 Å². The minimum Gasteiger partial charge on any atom is -0.391 e. The Hall–Kier alpha value is -1.05. The van der Waals surface area contributed by atoms with E-state index in [9.17, 15) is 22.3 Å². The van der Waals surface area contributed by atoms with Gasteiger partial charge in [-0.3, -0.25) is 0 Å². The molecule has 2 unspecified atom stereocenters. The standard InChI is InChI=1S/C13H17F2NO3S/c1-9-5-6-16(7-13(9)17)20(18,19)8-10-11(14)3-2-4-12(10)15/h2-4,9,13,17H,5-8H2,1H3. The van der Waals surface area contributed by atoms with Gasteiger partial charge in [-0.25, -0.2) is 17.2 Å². The van der Waals surface area contributed by atoms with E-state index in [2.05, 4.69) is 0 Å². The van der Waals surface area contributed by atoms with Gasteiger partial charge in [-0.2, -0.15) is 4.31 Å². The molecule has 7 heteroatoms. The smallest absolute Gasteiger partial charge is 0.218 e. The predicted molar refractivity (Wildman–Crippen MR) is 70.3 cm³/mol. The molecule has 1 aliphatic rings. The lowest BCUT2D eigenvalue weighted by atomic mass is 9.98. The van der Waals surface area contributed by atoms with Gasteiger partial charge in [0.05, 0.1) is 11.9 Å². The van der Waals surface area contributed by atoms with Gasteiger partial charge in [0.15, 0.2) is 0 Å². The highest BCUT2D eigenvalue weighted by molar-refractivity contribution is 7.88. The number of aliphatic hydroxyl groups is 1. The topological polar surface area (TPSA) is 57.6 Å². The van der Waals surface area contributed by atoms with E-state index in [-0.39, 0.29) is 19.0 Å². The van der Waals surface area contributed by atoms with Crippen LogP contribution in [0.25, 0.3) is 0 Å². The van der Waals surface area contributed by atoms with Crippen LogP contribution >= 0.6 is 0 Å². The lowest BCUT2D eigenvalue weighted by molar-refractivity contribution is 0.0604. The molecule has 1 aromatic carbocycles. The molecule has 4 nitrogen and oxygen atoms in total. The molecule has 1 aromatic rings. The van der Waals surface area contributed by atoms with Gasteiger partial charge in [0.2, 0.25) is 10.0 Å². The molecule has 1 aliphatic heterocycles. The molecule has 0 bridgehead atoms. The zero-order valence-electron chi connectivity index (χ0n) is 11.1. The van der Waals surface area contributed by atoms with Crippen LogP contribution in [0.2, 0.25) is 0 Å². The Kier molecular flexibility index (Phi) is 4.41. The monoisotopic (exact) mass is 305 g/mol. The second kappa shape index (κ2) is 5.75. The number of hydrogen-bond donors (Lipinski definition) is 1. The predicted octanol–water partition coefficient (Wildman–Crippen LogP) is 1.50. The number of piperidine rings is 1. The molecule has 0 spiro atoms. The number of sulfonamides is 1. The third-order valence-electron chi connectivity index (χ3n) is 3.66. The van der Waals surface area contributed by atoms with E-state index >= 15 is 0 Å². The fourth-order valence-corrected chi connectivity index (χ4v) is 3.80. The Balaban J connectivity index is 2.20. The number of aliphatic hydroxyl groups excluding tert-OH is 1. The largest absolute Gasteiger partial charge is 0.391 e. The van der Waals surface area contributed by atoms with E-state index in [1.165, 1.54) is 6.07 Å². The Morgan fingerprint density at radius 3 is 2.50 bits per heavy atom. The van der Waals surface area contributed by atoms with Crippen molar-refractivity contribution in [2.45, 2.75) is 25.2 Å². The van der Waals surface area contributed by atoms with Crippen molar-refractivity contribution < 1.29 is 22.3 Å². The van der Waals surface area contributed by atoms with E-state index in [4.69, 9.17) is 0 Å². The lowest BCUT2D eigenvalue weighted by Crippen LogP contribution is -2.46. The van der Waals surface area contributed by atoms with E-state index in [0.717, 1.165) is 16.4 Å². The van der Waals surface area contributed by atoms with Crippen LogP contribution < -0.4 is 0 Å². The average molecular weight is 305 g/mol. The Morgan fingerprint density at radius 2 is 1.95 bits per heavy atom. The van der Waals surface area contributed by atoms with Crippen molar-refractivity contribution in [3.8, 4) is 0 Å². The molecule has 2 atom stereocenters. The Bertz CT molecular complexity index is 571. The molecule has 0 aromatic heterocycles. The van der Waals surface area contributed by atoms with Crippen LogP contribution in [-0.4, -0.2) is 37.0 Å². The number of β-amino-alcohol motifs (C(OH)–C–C–N with tert-alkyl or cyclic N) is 1. The van der Waals surface area contributed by atoms with Crippen LogP contribution in [0.1, 0.15) is 18.9 Å². The van der Waals surface area contributed by atoms with Gasteiger partial charge in [-0.15, -0.1) is 0 Å². The highest BCUT2D eigenvalue weighted by atomic mass is 32.2. The molecular weight excluding hydrogens is 288 g/mol. The molecule has 1 N–H and O–H groups in total. The highest BCUT2D eigenvalue weighted by Crippen LogP contribution is 2.23. The molecule has 0 aliphatic carbocycles. The minimum atomic E-state index is -3.84. The second-order valence-corrected chi connectivity index (χ2v) is 7.12. The summed E-state index contributed by atoms with van der Waals surface area (Å²) in [5.41, 5.74) is -0.458. The molecule has 0 saturated carbocycles. The normalized spacial score (nSPS) is 24.8. The number of rotatable bonds is 3. The van der Waals surface area contributed by atoms with Gasteiger partial charge in [-0.05, 0) is 24.5 Å². The maximum atomic E-state index is 13.5. The van der Waals surface area contributed by atoms with Gasteiger partial charge < -0.3 is 5.11 Å². The Labute approximate surface area is 117 Å². The number of halogens is 2. The summed E-state index contributed by atoms with van der Waals surface area (Å²) in [6.45, 7) is 2.07. The first-order chi connectivity index (χ1) is 9.31. The summed E-state index contributed by atoms with van der Waals surface area (Å²) in [7, 11) is -3.84. The number of nitrogens with zero attached hydrogens (tertiary/aromatic N) is 1. The van der Waals surface area contributed by atoms with Crippen molar-refractivity contribution in [3.05, 3.63) is 35.4 Å². The van der Waals surface area contributed by atoms with Gasteiger partial charge in [0.25, 0.3) is 0 Å². The highest BCUT2D eigenvalue weighted by Gasteiger charge is 2.32. The van der Waals surface area contributed by atoms with Crippen LogP contribution in [-0.2, 0) is 15.8 Å². The van der Waals surface area contributed by atoms with E-state index in [1.54, 1.807) is 0 Å². The van der Waals surface area contributed by atoms with Crippen LogP contribution in [0.4, 0.5) is 8.78 Å². The SMILES string of the molecule is CC1CCN(S(=O)(=O)Cc2c(F)cccc2F)CC1O. The summed E-state index contributed by atoms with van der Waals surface area (Å²) in [5.74, 6) is -2.46. The molecule has 20 heavy (non-hydrogen) atoms. The van der Waals surface area contributed by atoms with Crippen LogP contribution in [0.5, 0.6) is 0 Å². The molecular formula is C13H17F2NO3S. The fourth-order valence-electron chi connectivity index (χ4n) is 2.22. The summed E-state index contributed by atoms with van der Waals surface area (Å²) in [6, 6.07) is 3.25. The van der Waals surface area contributed by atoms with Gasteiger partial charge in [-0.1, -0.05) is 13.0 Å². The van der Waals surface area contributed by atoms with Crippen molar-refractivity contribution in [2.75, 3.05) is 13.1 Å². The second-order valence-electron chi connectivity index (χ2n) is 5.15. The third kappa shape index (κ3) is 3.16. The molecule has 1 saturated heterocycles. The molecule has 1 fully saturated rings. The maximum Gasteiger partial charge on any atom is 0.218 e. The minimum absolute atomic E-state index is 0.0200. The molecule has 2 rings (SSSR count). The van der Waals surface area contributed by atoms with Crippen molar-refractivity contribution >= 4 is 10.0 Å².